The summed E-state index contributed by atoms with van der Waals surface area (Å²) in [7, 11) is 0. The van der Waals surface area contributed by atoms with Crippen molar-refractivity contribution in [2.75, 3.05) is 6.61 Å². The van der Waals surface area contributed by atoms with E-state index >= 15 is 0 Å². The summed E-state index contributed by atoms with van der Waals surface area (Å²) in [6.07, 6.45) is 1.87. The summed E-state index contributed by atoms with van der Waals surface area (Å²) in [4.78, 5) is 23.3. The van der Waals surface area contributed by atoms with Gasteiger partial charge in [-0.1, -0.05) is 42.1 Å². The van der Waals surface area contributed by atoms with E-state index in [1.54, 1.807) is 13.0 Å². The normalized spacial score (nSPS) is 14.7. The molecule has 6 nitrogen and oxygen atoms in total. The van der Waals surface area contributed by atoms with Crippen LogP contribution in [0.4, 0.5) is 4.79 Å². The summed E-state index contributed by atoms with van der Waals surface area (Å²) in [6.45, 7) is 8.94. The third-order valence-corrected chi connectivity index (χ3v) is 6.98. The zero-order valence-corrected chi connectivity index (χ0v) is 25.2. The molecular weight excluding hydrogens is 509 g/mol. The Balaban J connectivity index is 0.00000400. The van der Waals surface area contributed by atoms with Gasteiger partial charge in [0.05, 0.1) is 18.6 Å². The van der Waals surface area contributed by atoms with Crippen LogP contribution >= 0.6 is 11.8 Å². The summed E-state index contributed by atoms with van der Waals surface area (Å²) in [5.74, 6) is 1.03. The summed E-state index contributed by atoms with van der Waals surface area (Å²) in [5, 5.41) is 12.4. The maximum Gasteiger partial charge on any atom is 1.00 e. The minimum atomic E-state index is -0.491. The van der Waals surface area contributed by atoms with Crippen LogP contribution in [0.1, 0.15) is 41.2 Å². The second-order valence-electron chi connectivity index (χ2n) is 9.16. The van der Waals surface area contributed by atoms with Crippen molar-refractivity contribution in [3.8, 4) is 22.6 Å². The summed E-state index contributed by atoms with van der Waals surface area (Å²) in [5.41, 5.74) is 7.65. The van der Waals surface area contributed by atoms with Crippen LogP contribution < -0.4 is 39.0 Å². The molecule has 0 bridgehead atoms. The van der Waals surface area contributed by atoms with E-state index in [9.17, 15) is 14.7 Å². The van der Waals surface area contributed by atoms with Gasteiger partial charge in [0.25, 0.3) is 0 Å². The Bertz CT molecular complexity index is 1330. The van der Waals surface area contributed by atoms with Crippen molar-refractivity contribution in [3.63, 3.8) is 0 Å². The first-order valence-electron chi connectivity index (χ1n) is 12.1. The maximum absolute atomic E-state index is 11.7. The van der Waals surface area contributed by atoms with Crippen LogP contribution in [0.5, 0.6) is 11.5 Å². The number of carbonyl (C=O) groups is 2. The first kappa shape index (κ1) is 30.0. The molecule has 0 radical (unpaired) electrons. The molecule has 3 aromatic carbocycles. The van der Waals surface area contributed by atoms with E-state index in [2.05, 4.69) is 38.2 Å². The van der Waals surface area contributed by atoms with Gasteiger partial charge in [-0.15, -0.1) is 0 Å². The number of aliphatic hydroxyl groups is 1. The molecule has 3 aromatic rings. The first-order valence-corrected chi connectivity index (χ1v) is 13.0. The topological polar surface area (TPSA) is 86.9 Å². The van der Waals surface area contributed by atoms with E-state index in [-0.39, 0.29) is 35.7 Å². The predicted molar refractivity (Wildman–Crippen MR) is 148 cm³/mol. The summed E-state index contributed by atoms with van der Waals surface area (Å²) >= 11 is 0.847. The van der Waals surface area contributed by atoms with Crippen molar-refractivity contribution in [3.05, 3.63) is 92.6 Å². The van der Waals surface area contributed by atoms with Gasteiger partial charge in [0.2, 0.25) is 0 Å². The Morgan fingerprint density at radius 1 is 0.974 bits per heavy atom. The molecule has 8 heteroatoms. The number of hydrogen-bond donors (Lipinski definition) is 1. The molecule has 0 saturated carbocycles. The molecule has 1 atom stereocenters. The van der Waals surface area contributed by atoms with Gasteiger partial charge in [-0.25, -0.2) is 0 Å². The van der Waals surface area contributed by atoms with Crippen LogP contribution in [0.15, 0.2) is 59.5 Å². The molecule has 1 aliphatic rings. The van der Waals surface area contributed by atoms with E-state index < -0.39 is 11.1 Å². The quantitative estimate of drug-likeness (QED) is 0.325. The van der Waals surface area contributed by atoms with Crippen LogP contribution in [0, 0.1) is 20.8 Å². The molecule has 1 heterocycles. The molecule has 1 aliphatic heterocycles. The molecule has 0 aliphatic carbocycles. The van der Waals surface area contributed by atoms with Crippen LogP contribution in [-0.2, 0) is 11.4 Å². The summed E-state index contributed by atoms with van der Waals surface area (Å²) in [6, 6.07) is 17.7. The molecule has 2 amide bonds. The van der Waals surface area contributed by atoms with Gasteiger partial charge < -0.3 is 29.5 Å². The number of ether oxygens (including phenoxy) is 2. The smallest absolute Gasteiger partial charge is 0.581 e. The Morgan fingerprint density at radius 3 is 2.26 bits per heavy atom. The van der Waals surface area contributed by atoms with Gasteiger partial charge in [0.1, 0.15) is 23.3 Å². The fraction of sp³-hybridized carbons (Fsp3) is 0.267. The van der Waals surface area contributed by atoms with Gasteiger partial charge >= 0.3 is 29.6 Å². The zero-order valence-electron chi connectivity index (χ0n) is 22.4. The Morgan fingerprint density at radius 2 is 1.66 bits per heavy atom. The largest absolute Gasteiger partial charge is 1.00 e. The second-order valence-corrected chi connectivity index (χ2v) is 10.2. The molecule has 0 aromatic heterocycles. The van der Waals surface area contributed by atoms with Crippen molar-refractivity contribution in [1.82, 2.24) is 0 Å². The third kappa shape index (κ3) is 7.52. The third-order valence-electron chi connectivity index (χ3n) is 6.20. The van der Waals surface area contributed by atoms with Crippen molar-refractivity contribution in [1.29, 1.82) is 0 Å². The molecule has 192 valence electrons. The number of aliphatic hydroxyl groups excluding tert-OH is 1. The Kier molecular flexibility index (Phi) is 10.7. The first-order chi connectivity index (χ1) is 17.7. The standard InChI is InChI=1S/C30H31NO5S.Na/c1-18-14-25(35-13-12-20(3)32)15-19(2)28(18)26-7-5-6-23(21(26)4)17-36-24-10-8-22(9-11-24)16-27-29(33)31-30(34)37-27;/h5-11,14-16,20,32H,12-13,17H2,1-4H3,(H,31,33,34);/q;+1/p-1/b27-16-;/t20-;/m1./s1. The average molecular weight is 540 g/mol. The molecule has 4 rings (SSSR count). The second kappa shape index (κ2) is 13.5. The Hall–Kier alpha value is -2.55. The van der Waals surface area contributed by atoms with Crippen molar-refractivity contribution >= 4 is 29.0 Å². The number of aryl methyl sites for hydroxylation is 2. The molecule has 0 spiro atoms. The van der Waals surface area contributed by atoms with Gasteiger partial charge in [-0.3, -0.25) is 0 Å². The van der Waals surface area contributed by atoms with Crippen molar-refractivity contribution in [2.45, 2.75) is 46.8 Å². The number of nitrogens with zero attached hydrogens (tertiary/aromatic N) is 1. The van der Waals surface area contributed by atoms with E-state index in [1.165, 1.54) is 5.56 Å². The number of imide groups is 1. The van der Waals surface area contributed by atoms with Crippen LogP contribution in [0.3, 0.4) is 0 Å². The van der Waals surface area contributed by atoms with E-state index in [1.807, 2.05) is 42.5 Å². The van der Waals surface area contributed by atoms with E-state index in [0.29, 0.717) is 30.3 Å². The number of thioether (sulfide) groups is 1. The molecule has 38 heavy (non-hydrogen) atoms. The van der Waals surface area contributed by atoms with Crippen molar-refractivity contribution in [2.24, 2.45) is 0 Å². The molecule has 1 fully saturated rings. The number of carbonyl (C=O) groups excluding carboxylic acids is 2. The maximum atomic E-state index is 11.7. The van der Waals surface area contributed by atoms with E-state index in [4.69, 9.17) is 9.47 Å². The number of hydrogen-bond acceptors (Lipinski definition) is 6. The van der Waals surface area contributed by atoms with Gasteiger partial charge in [0, 0.05) is 11.3 Å². The fourth-order valence-corrected chi connectivity index (χ4v) is 4.90. The molecule has 1 N–H and O–H groups in total. The Labute approximate surface area is 250 Å². The van der Waals surface area contributed by atoms with Gasteiger partial charge in [-0.2, -0.15) is 0 Å². The fourth-order valence-electron chi connectivity index (χ4n) is 4.25. The van der Waals surface area contributed by atoms with Crippen LogP contribution in [-0.4, -0.2) is 29.0 Å². The van der Waals surface area contributed by atoms with Crippen LogP contribution in [0.2, 0.25) is 0 Å². The molecule has 0 unspecified atom stereocenters. The number of amides is 2. The minimum Gasteiger partial charge on any atom is -0.581 e. The van der Waals surface area contributed by atoms with Gasteiger partial charge in [-0.05, 0) is 97.0 Å². The van der Waals surface area contributed by atoms with Gasteiger partial charge in [0.15, 0.2) is 0 Å². The van der Waals surface area contributed by atoms with Crippen molar-refractivity contribution < 1.29 is 53.7 Å². The van der Waals surface area contributed by atoms with Crippen LogP contribution in [0.25, 0.3) is 22.5 Å². The number of rotatable bonds is 9. The predicted octanol–water partition coefficient (Wildman–Crippen LogP) is 4.12. The molecular formula is C30H30NNaO5S. The summed E-state index contributed by atoms with van der Waals surface area (Å²) < 4.78 is 11.9. The SMILES string of the molecule is Cc1cc(OCC[C@@H](C)O)cc(C)c1-c1cccc(COc2ccc(/C=C3\SC(=O)[N-]C3=O)cc2)c1C.[Na+]. The minimum absolute atomic E-state index is 0. The zero-order chi connectivity index (χ0) is 26.5. The molecule has 1 saturated heterocycles. The van der Waals surface area contributed by atoms with E-state index in [0.717, 1.165) is 50.9 Å². The monoisotopic (exact) mass is 539 g/mol. The average Bonchev–Trinajstić information content (AvgIpc) is 3.16. The number of benzene rings is 3.